The predicted octanol–water partition coefficient (Wildman–Crippen LogP) is 6.16. The van der Waals surface area contributed by atoms with Gasteiger partial charge < -0.3 is 42.7 Å². The van der Waals surface area contributed by atoms with Crippen LogP contribution in [0.3, 0.4) is 0 Å². The minimum Gasteiger partial charge on any atom is -0.462 e. The number of ether oxygens (including phenoxy) is 8. The Hall–Kier alpha value is -8.47. The number of rotatable bonds is 21. The van der Waals surface area contributed by atoms with Gasteiger partial charge in [-0.05, 0) is 88.3 Å². The van der Waals surface area contributed by atoms with Crippen LogP contribution < -0.4 is 18.9 Å². The molecule has 0 fully saturated rings. The van der Waals surface area contributed by atoms with Gasteiger partial charge in [0.2, 0.25) is 0 Å². The topological polar surface area (TPSA) is 227 Å². The van der Waals surface area contributed by atoms with E-state index in [1.165, 1.54) is 42.5 Å². The van der Waals surface area contributed by atoms with E-state index in [0.29, 0.717) is 27.8 Å². The molecule has 0 heterocycles. The summed E-state index contributed by atoms with van der Waals surface area (Å²) < 4.78 is 41.5. The molecule has 0 amide bonds. The molecule has 0 aliphatic carbocycles. The van der Waals surface area contributed by atoms with Crippen molar-refractivity contribution in [3.8, 4) is 23.0 Å². The van der Waals surface area contributed by atoms with Gasteiger partial charge in [0.15, 0.2) is 0 Å². The van der Waals surface area contributed by atoms with Crippen molar-refractivity contribution in [1.29, 1.82) is 0 Å². The molecule has 328 valence electrons. The van der Waals surface area contributed by atoms with Gasteiger partial charge in [0.05, 0.1) is 30.4 Å². The first-order valence-electron chi connectivity index (χ1n) is 19.3. The van der Waals surface area contributed by atoms with Gasteiger partial charge in [-0.25, -0.2) is 24.0 Å². The van der Waals surface area contributed by atoms with Crippen LogP contribution >= 0.6 is 0 Å². The smallest absolute Gasteiger partial charge is 0.343 e. The van der Waals surface area contributed by atoms with Gasteiger partial charge in [-0.15, -0.1) is 0 Å². The molecule has 0 saturated carbocycles. The van der Waals surface area contributed by atoms with E-state index in [0.717, 1.165) is 18.2 Å². The van der Waals surface area contributed by atoms with Crippen LogP contribution in [0.25, 0.3) is 21.5 Å². The monoisotopic (exact) mass is 874 g/mol. The summed E-state index contributed by atoms with van der Waals surface area (Å²) in [5.74, 6) is -6.00. The molecule has 0 saturated heterocycles. The third kappa shape index (κ3) is 13.8. The van der Waals surface area contributed by atoms with Crippen LogP contribution in [0, 0.1) is 0 Å². The first-order valence-corrected chi connectivity index (χ1v) is 19.3. The second kappa shape index (κ2) is 22.9. The van der Waals surface area contributed by atoms with Crippen molar-refractivity contribution >= 4 is 75.6 Å². The lowest BCUT2D eigenvalue weighted by molar-refractivity contribution is -0.151. The minimum absolute atomic E-state index is 0.0355. The van der Waals surface area contributed by atoms with Gasteiger partial charge in [0.25, 0.3) is 0 Å². The lowest BCUT2D eigenvalue weighted by Crippen LogP contribution is -2.16. The zero-order chi connectivity index (χ0) is 46.0. The number of aldehydes is 1. The van der Waals surface area contributed by atoms with Crippen molar-refractivity contribution in [3.63, 3.8) is 0 Å². The van der Waals surface area contributed by atoms with E-state index in [9.17, 15) is 43.2 Å². The van der Waals surface area contributed by atoms with Crippen LogP contribution in [0.15, 0.2) is 116 Å². The quantitative estimate of drug-likeness (QED) is 0.0201. The molecule has 5 rings (SSSR count). The highest BCUT2D eigenvalue weighted by atomic mass is 16.6. The van der Waals surface area contributed by atoms with Gasteiger partial charge in [0.1, 0.15) is 61.3 Å². The Morgan fingerprint density at radius 2 is 0.891 bits per heavy atom. The Morgan fingerprint density at radius 3 is 1.45 bits per heavy atom. The van der Waals surface area contributed by atoms with Gasteiger partial charge in [0, 0.05) is 18.6 Å². The van der Waals surface area contributed by atoms with Crippen molar-refractivity contribution in [3.05, 3.63) is 133 Å². The molecule has 5 aromatic rings. The molecular formula is C47H38O17. The van der Waals surface area contributed by atoms with Gasteiger partial charge in [-0.3, -0.25) is 14.4 Å². The molecule has 0 aromatic heterocycles. The number of fused-ring (bicyclic) bond motifs is 2. The Balaban J connectivity index is 1.25. The molecule has 5 aromatic carbocycles. The molecule has 0 N–H and O–H groups in total. The molecule has 17 heteroatoms. The largest absolute Gasteiger partial charge is 0.462 e. The number of benzene rings is 5. The fourth-order valence-electron chi connectivity index (χ4n) is 5.56. The van der Waals surface area contributed by atoms with E-state index in [-0.39, 0.29) is 91.8 Å². The van der Waals surface area contributed by atoms with Gasteiger partial charge in [-0.2, -0.15) is 0 Å². The summed E-state index contributed by atoms with van der Waals surface area (Å²) in [4.78, 5) is 109. The summed E-state index contributed by atoms with van der Waals surface area (Å²) in [6.45, 7) is 5.51. The van der Waals surface area contributed by atoms with Crippen LogP contribution in [0.5, 0.6) is 23.0 Å². The Bertz CT molecular complexity index is 2640. The highest BCUT2D eigenvalue weighted by molar-refractivity contribution is 6.00. The molecule has 64 heavy (non-hydrogen) atoms. The molecule has 0 unspecified atom stereocenters. The molecular weight excluding hydrogens is 836 g/mol. The molecule has 0 bridgehead atoms. The summed E-state index contributed by atoms with van der Waals surface area (Å²) >= 11 is 0. The molecule has 0 atom stereocenters. The number of carbonyl (C=O) groups excluding carboxylic acids is 9. The first kappa shape index (κ1) is 46.6. The van der Waals surface area contributed by atoms with Crippen molar-refractivity contribution < 1.29 is 81.0 Å². The number of hydrogen-bond donors (Lipinski definition) is 0. The predicted molar refractivity (Wildman–Crippen MR) is 224 cm³/mol. The maximum atomic E-state index is 13.4. The lowest BCUT2D eigenvalue weighted by Gasteiger charge is -2.13. The summed E-state index contributed by atoms with van der Waals surface area (Å²) in [6.07, 6.45) is 1.94. The van der Waals surface area contributed by atoms with E-state index >= 15 is 0 Å². The van der Waals surface area contributed by atoms with Crippen molar-refractivity contribution in [1.82, 2.24) is 0 Å². The van der Waals surface area contributed by atoms with E-state index in [4.69, 9.17) is 37.9 Å². The number of esters is 8. The second-order valence-corrected chi connectivity index (χ2v) is 13.1. The van der Waals surface area contributed by atoms with Gasteiger partial charge >= 0.3 is 47.8 Å². The Labute approximate surface area is 364 Å². The molecule has 0 aliphatic rings. The van der Waals surface area contributed by atoms with Crippen LogP contribution in [0.1, 0.15) is 56.8 Å². The average Bonchev–Trinajstić information content (AvgIpc) is 3.30. The first-order chi connectivity index (χ1) is 30.8. The summed E-state index contributed by atoms with van der Waals surface area (Å²) in [5, 5.41) is 2.38. The lowest BCUT2D eigenvalue weighted by atomic mass is 10.1. The summed E-state index contributed by atoms with van der Waals surface area (Å²) in [6, 6.07) is 22.2. The summed E-state index contributed by atoms with van der Waals surface area (Å²) in [5.41, 5.74) is -0.105. The second-order valence-electron chi connectivity index (χ2n) is 13.1. The highest BCUT2D eigenvalue weighted by Gasteiger charge is 2.22. The number of hydrogen-bond acceptors (Lipinski definition) is 17. The van der Waals surface area contributed by atoms with Gasteiger partial charge in [-0.1, -0.05) is 37.4 Å². The fourth-order valence-corrected chi connectivity index (χ4v) is 5.56. The van der Waals surface area contributed by atoms with Crippen LogP contribution in [-0.4, -0.2) is 80.5 Å². The van der Waals surface area contributed by atoms with E-state index in [2.05, 4.69) is 13.2 Å². The Kier molecular flexibility index (Phi) is 16.7. The SMILES string of the molecule is C=CC(=O)OCCOC(=O)CCC(=O)Oc1ccc2cc(C(=O)Oc3ccc(OC(=O)c4ccc5cc(OC(=O)CCC=O)ccc5c4)cc3C(=O)OCCOC(=O)C=C)ccc2c1. The van der Waals surface area contributed by atoms with E-state index < -0.39 is 47.8 Å². The molecule has 0 radical (unpaired) electrons. The maximum absolute atomic E-state index is 13.4. The minimum atomic E-state index is -1.01. The Morgan fingerprint density at radius 1 is 0.438 bits per heavy atom. The normalized spacial score (nSPS) is 10.4. The molecule has 0 spiro atoms. The van der Waals surface area contributed by atoms with Crippen molar-refractivity contribution in [2.24, 2.45) is 0 Å². The molecule has 17 nitrogen and oxygen atoms in total. The van der Waals surface area contributed by atoms with E-state index in [1.54, 1.807) is 42.5 Å². The maximum Gasteiger partial charge on any atom is 0.343 e. The average molecular weight is 875 g/mol. The van der Waals surface area contributed by atoms with Crippen LogP contribution in [0.2, 0.25) is 0 Å². The third-order valence-electron chi connectivity index (χ3n) is 8.63. The molecule has 0 aliphatic heterocycles. The van der Waals surface area contributed by atoms with E-state index in [1.807, 2.05) is 0 Å². The summed E-state index contributed by atoms with van der Waals surface area (Å²) in [7, 11) is 0. The highest BCUT2D eigenvalue weighted by Crippen LogP contribution is 2.29. The zero-order valence-corrected chi connectivity index (χ0v) is 33.9. The van der Waals surface area contributed by atoms with Crippen molar-refractivity contribution in [2.75, 3.05) is 26.4 Å². The van der Waals surface area contributed by atoms with Crippen molar-refractivity contribution in [2.45, 2.75) is 25.7 Å². The standard InChI is InChI=1S/C47H38O17/c1-3-40(49)57-20-21-59-42(51)17-18-44(53)62-36-14-12-30-25-34(10-8-32(30)27-36)46(55)64-39-16-15-37(28-38(39)47(56)60-23-22-58-41(50)4-2)63-45(54)33-9-7-31-26-35(13-11-29(31)24-33)61-43(52)6-5-19-48/h3-4,7-16,19,24-28H,1-2,5-6,17-18,20-23H2. The fraction of sp³-hybridized carbons (Fsp3) is 0.170. The zero-order valence-electron chi connectivity index (χ0n) is 33.9. The van der Waals surface area contributed by atoms with Crippen LogP contribution in [0.4, 0.5) is 0 Å². The third-order valence-corrected chi connectivity index (χ3v) is 8.63. The van der Waals surface area contributed by atoms with Crippen LogP contribution in [-0.2, 0) is 47.7 Å². The number of carbonyl (C=O) groups is 9.